The van der Waals surface area contributed by atoms with E-state index >= 15 is 0 Å². The summed E-state index contributed by atoms with van der Waals surface area (Å²) in [6, 6.07) is 15.5. The normalized spacial score (nSPS) is 19.1. The lowest BCUT2D eigenvalue weighted by molar-refractivity contribution is -0.122. The van der Waals surface area contributed by atoms with Gasteiger partial charge in [-0.3, -0.25) is 4.79 Å². The molecule has 1 aliphatic rings. The molecule has 1 N–H and O–H groups in total. The molecule has 1 saturated carbocycles. The van der Waals surface area contributed by atoms with Crippen LogP contribution in [0.2, 0.25) is 0 Å². The number of methoxy groups -OCH3 is 2. The van der Waals surface area contributed by atoms with Crippen molar-refractivity contribution in [3.63, 3.8) is 0 Å². The van der Waals surface area contributed by atoms with Crippen LogP contribution in [0.4, 0.5) is 0 Å². The highest BCUT2D eigenvalue weighted by atomic mass is 16.5. The Labute approximate surface area is 141 Å². The minimum atomic E-state index is -0.0411. The molecule has 1 fully saturated rings. The lowest BCUT2D eigenvalue weighted by atomic mass is 10.1. The number of hydrogen-bond donors (Lipinski definition) is 1. The van der Waals surface area contributed by atoms with Gasteiger partial charge in [0.2, 0.25) is 5.91 Å². The SMILES string of the molecule is COc1ccc(/C=N\NC(=O)C2CC2c2ccccc2)cc1OC. The molecule has 0 aromatic heterocycles. The maximum absolute atomic E-state index is 12.1. The van der Waals surface area contributed by atoms with E-state index in [0.717, 1.165) is 12.0 Å². The van der Waals surface area contributed by atoms with Crippen LogP contribution in [0.3, 0.4) is 0 Å². The number of carbonyl (C=O) groups excluding carboxylic acids is 1. The second-order valence-corrected chi connectivity index (χ2v) is 5.71. The Balaban J connectivity index is 1.56. The number of hydrogen-bond acceptors (Lipinski definition) is 4. The summed E-state index contributed by atoms with van der Waals surface area (Å²) in [4.78, 5) is 12.1. The van der Waals surface area contributed by atoms with Crippen LogP contribution in [0.1, 0.15) is 23.5 Å². The predicted molar refractivity (Wildman–Crippen MR) is 92.6 cm³/mol. The Morgan fingerprint density at radius 1 is 1.12 bits per heavy atom. The van der Waals surface area contributed by atoms with E-state index in [9.17, 15) is 4.79 Å². The van der Waals surface area contributed by atoms with E-state index in [1.165, 1.54) is 5.56 Å². The summed E-state index contributed by atoms with van der Waals surface area (Å²) in [5.41, 5.74) is 4.65. The summed E-state index contributed by atoms with van der Waals surface area (Å²) in [6.07, 6.45) is 2.47. The van der Waals surface area contributed by atoms with Gasteiger partial charge in [-0.1, -0.05) is 30.3 Å². The van der Waals surface area contributed by atoms with Crippen LogP contribution in [0.5, 0.6) is 11.5 Å². The standard InChI is InChI=1S/C19H20N2O3/c1-23-17-9-8-13(10-18(17)24-2)12-20-21-19(22)16-11-15(16)14-6-4-3-5-7-14/h3-10,12,15-16H,11H2,1-2H3,(H,21,22)/b20-12-. The molecule has 5 nitrogen and oxygen atoms in total. The summed E-state index contributed by atoms with van der Waals surface area (Å²) < 4.78 is 10.4. The molecule has 2 unspecified atom stereocenters. The van der Waals surface area contributed by atoms with Crippen LogP contribution in [-0.4, -0.2) is 26.3 Å². The maximum Gasteiger partial charge on any atom is 0.243 e. The van der Waals surface area contributed by atoms with Crippen LogP contribution >= 0.6 is 0 Å². The fraction of sp³-hybridized carbons (Fsp3) is 0.263. The molecule has 1 aliphatic carbocycles. The summed E-state index contributed by atoms with van der Waals surface area (Å²) in [7, 11) is 3.17. The zero-order chi connectivity index (χ0) is 16.9. The van der Waals surface area contributed by atoms with Gasteiger partial charge < -0.3 is 9.47 Å². The first kappa shape index (κ1) is 16.1. The largest absolute Gasteiger partial charge is 0.493 e. The molecule has 3 rings (SSSR count). The lowest BCUT2D eigenvalue weighted by Crippen LogP contribution is -2.20. The molecule has 124 valence electrons. The van der Waals surface area contributed by atoms with Crippen molar-refractivity contribution in [2.75, 3.05) is 14.2 Å². The monoisotopic (exact) mass is 324 g/mol. The highest BCUT2D eigenvalue weighted by molar-refractivity contribution is 5.86. The van der Waals surface area contributed by atoms with Crippen molar-refractivity contribution in [2.45, 2.75) is 12.3 Å². The number of hydrazone groups is 1. The molecule has 1 amide bonds. The van der Waals surface area contributed by atoms with Crippen molar-refractivity contribution in [3.05, 3.63) is 59.7 Å². The molecular weight excluding hydrogens is 304 g/mol. The summed E-state index contributed by atoms with van der Waals surface area (Å²) >= 11 is 0. The second-order valence-electron chi connectivity index (χ2n) is 5.71. The maximum atomic E-state index is 12.1. The topological polar surface area (TPSA) is 59.9 Å². The predicted octanol–water partition coefficient (Wildman–Crippen LogP) is 2.96. The molecule has 5 heteroatoms. The first-order chi connectivity index (χ1) is 11.7. The van der Waals surface area contributed by atoms with E-state index in [-0.39, 0.29) is 11.8 Å². The first-order valence-corrected chi connectivity index (χ1v) is 7.83. The lowest BCUT2D eigenvalue weighted by Gasteiger charge is -2.07. The smallest absolute Gasteiger partial charge is 0.243 e. The van der Waals surface area contributed by atoms with Gasteiger partial charge in [0, 0.05) is 5.92 Å². The van der Waals surface area contributed by atoms with E-state index in [0.29, 0.717) is 17.4 Å². The molecule has 24 heavy (non-hydrogen) atoms. The van der Waals surface area contributed by atoms with Gasteiger partial charge in [0.05, 0.1) is 20.4 Å². The molecule has 2 aromatic rings. The number of carbonyl (C=O) groups is 1. The number of ether oxygens (including phenoxy) is 2. The summed E-state index contributed by atoms with van der Waals surface area (Å²) in [6.45, 7) is 0. The van der Waals surface area contributed by atoms with E-state index < -0.39 is 0 Å². The summed E-state index contributed by atoms with van der Waals surface area (Å²) in [5, 5.41) is 4.04. The highest BCUT2D eigenvalue weighted by Gasteiger charge is 2.43. The van der Waals surface area contributed by atoms with Crippen molar-refractivity contribution in [3.8, 4) is 11.5 Å². The van der Waals surface area contributed by atoms with Gasteiger partial charge in [-0.2, -0.15) is 5.10 Å². The Bertz CT molecular complexity index is 744. The van der Waals surface area contributed by atoms with Crippen molar-refractivity contribution >= 4 is 12.1 Å². The Morgan fingerprint density at radius 3 is 2.58 bits per heavy atom. The van der Waals surface area contributed by atoms with E-state index in [1.807, 2.05) is 24.3 Å². The van der Waals surface area contributed by atoms with Crippen molar-refractivity contribution < 1.29 is 14.3 Å². The molecule has 0 heterocycles. The highest BCUT2D eigenvalue weighted by Crippen LogP contribution is 2.47. The Hall–Kier alpha value is -2.82. The van der Waals surface area contributed by atoms with Gasteiger partial charge in [0.1, 0.15) is 0 Å². The quantitative estimate of drug-likeness (QED) is 0.656. The zero-order valence-corrected chi connectivity index (χ0v) is 13.7. The molecular formula is C19H20N2O3. The third-order valence-corrected chi connectivity index (χ3v) is 4.15. The minimum Gasteiger partial charge on any atom is -0.493 e. The zero-order valence-electron chi connectivity index (χ0n) is 13.7. The van der Waals surface area contributed by atoms with Crippen LogP contribution < -0.4 is 14.9 Å². The Kier molecular flexibility index (Phi) is 4.79. The van der Waals surface area contributed by atoms with Gasteiger partial charge in [-0.05, 0) is 41.7 Å². The molecule has 2 atom stereocenters. The molecule has 0 bridgehead atoms. The van der Waals surface area contributed by atoms with Gasteiger partial charge in [0.15, 0.2) is 11.5 Å². The molecule has 0 radical (unpaired) electrons. The average Bonchev–Trinajstić information content (AvgIpc) is 3.43. The average molecular weight is 324 g/mol. The number of rotatable bonds is 6. The van der Waals surface area contributed by atoms with Gasteiger partial charge in [-0.15, -0.1) is 0 Å². The molecule has 0 aliphatic heterocycles. The third-order valence-electron chi connectivity index (χ3n) is 4.15. The van der Waals surface area contributed by atoms with Crippen LogP contribution in [-0.2, 0) is 4.79 Å². The van der Waals surface area contributed by atoms with E-state index in [1.54, 1.807) is 32.6 Å². The number of nitrogens with zero attached hydrogens (tertiary/aromatic N) is 1. The second kappa shape index (κ2) is 7.17. The van der Waals surface area contributed by atoms with Crippen molar-refractivity contribution in [2.24, 2.45) is 11.0 Å². The number of benzene rings is 2. The van der Waals surface area contributed by atoms with Crippen LogP contribution in [0, 0.1) is 5.92 Å². The molecule has 2 aromatic carbocycles. The van der Waals surface area contributed by atoms with Crippen molar-refractivity contribution in [1.82, 2.24) is 5.43 Å². The molecule has 0 saturated heterocycles. The molecule has 0 spiro atoms. The summed E-state index contributed by atoms with van der Waals surface area (Å²) in [5.74, 6) is 1.56. The number of amides is 1. The first-order valence-electron chi connectivity index (χ1n) is 7.83. The van der Waals surface area contributed by atoms with Gasteiger partial charge in [-0.25, -0.2) is 5.43 Å². The fourth-order valence-corrected chi connectivity index (χ4v) is 2.74. The van der Waals surface area contributed by atoms with E-state index in [4.69, 9.17) is 9.47 Å². The van der Waals surface area contributed by atoms with E-state index in [2.05, 4.69) is 22.7 Å². The van der Waals surface area contributed by atoms with Crippen LogP contribution in [0.15, 0.2) is 53.6 Å². The number of nitrogens with one attached hydrogen (secondary N) is 1. The minimum absolute atomic E-state index is 0.00922. The van der Waals surface area contributed by atoms with Crippen LogP contribution in [0.25, 0.3) is 0 Å². The van der Waals surface area contributed by atoms with Gasteiger partial charge >= 0.3 is 0 Å². The third kappa shape index (κ3) is 3.56. The Morgan fingerprint density at radius 2 is 1.88 bits per heavy atom. The van der Waals surface area contributed by atoms with Gasteiger partial charge in [0.25, 0.3) is 0 Å². The van der Waals surface area contributed by atoms with Crippen molar-refractivity contribution in [1.29, 1.82) is 0 Å². The fourth-order valence-electron chi connectivity index (χ4n) is 2.74.